The zero-order valence-electron chi connectivity index (χ0n) is 18.8. The molecule has 172 valence electrons. The summed E-state index contributed by atoms with van der Waals surface area (Å²) in [5.41, 5.74) is 4.71. The zero-order valence-corrected chi connectivity index (χ0v) is 19.6. The molecule has 0 amide bonds. The van der Waals surface area contributed by atoms with Crippen LogP contribution in [0.15, 0.2) is 77.5 Å². The minimum Gasteiger partial charge on any atom is -0.478 e. The highest BCUT2D eigenvalue weighted by atomic mass is 32.1. The third-order valence-electron chi connectivity index (χ3n) is 6.27. The number of hydrogen-bond acceptors (Lipinski definition) is 4. The molecule has 0 aliphatic carbocycles. The van der Waals surface area contributed by atoms with Gasteiger partial charge in [-0.15, -0.1) is 0 Å². The highest BCUT2D eigenvalue weighted by Gasteiger charge is 2.41. The van der Waals surface area contributed by atoms with Crippen molar-refractivity contribution in [1.82, 2.24) is 19.8 Å². The smallest absolute Gasteiger partial charge is 0.337 e. The Morgan fingerprint density at radius 1 is 1.15 bits per heavy atom. The van der Waals surface area contributed by atoms with Gasteiger partial charge in [0.05, 0.1) is 41.8 Å². The van der Waals surface area contributed by atoms with E-state index in [4.69, 9.17) is 16.6 Å². The standard InChI is InChI=1S/C26H24N4O3S/c1-16-14-20(17(2)30(16)22-11-4-3-9-19(22)25(31)32)24-23(21-10-5-6-12-27-21)28-26(34)29(24)15-18-8-7-13-33-18/h3-14,23-24H,15H2,1-2H3,(H,28,34)(H,31,32)/t23-,24-/m1/s1. The van der Waals surface area contributed by atoms with Gasteiger partial charge in [-0.05, 0) is 74.1 Å². The van der Waals surface area contributed by atoms with Gasteiger partial charge in [0, 0.05) is 17.6 Å². The molecular formula is C26H24N4O3S. The summed E-state index contributed by atoms with van der Waals surface area (Å²) in [5, 5.41) is 13.8. The quantitative estimate of drug-likeness (QED) is 0.384. The number of aromatic carboxylic acids is 1. The average Bonchev–Trinajstić information content (AvgIpc) is 3.53. The van der Waals surface area contributed by atoms with Crippen LogP contribution >= 0.6 is 12.2 Å². The topological polar surface area (TPSA) is 83.5 Å². The summed E-state index contributed by atoms with van der Waals surface area (Å²) in [4.78, 5) is 18.6. The molecule has 2 N–H and O–H groups in total. The van der Waals surface area contributed by atoms with Crippen LogP contribution in [-0.2, 0) is 6.54 Å². The van der Waals surface area contributed by atoms with Crippen LogP contribution in [0, 0.1) is 13.8 Å². The van der Waals surface area contributed by atoms with Crippen LogP contribution in [0.1, 0.15) is 50.8 Å². The Kier molecular flexibility index (Phi) is 5.67. The molecule has 1 aliphatic heterocycles. The first-order valence-electron chi connectivity index (χ1n) is 11.0. The predicted molar refractivity (Wildman–Crippen MR) is 132 cm³/mol. The number of aryl methyl sites for hydroxylation is 1. The van der Waals surface area contributed by atoms with Crippen LogP contribution in [0.2, 0.25) is 0 Å². The number of furan rings is 1. The summed E-state index contributed by atoms with van der Waals surface area (Å²) >= 11 is 5.76. The van der Waals surface area contributed by atoms with Gasteiger partial charge in [0.1, 0.15) is 5.76 Å². The third-order valence-corrected chi connectivity index (χ3v) is 6.62. The van der Waals surface area contributed by atoms with Gasteiger partial charge in [0.25, 0.3) is 0 Å². The molecule has 0 bridgehead atoms. The second-order valence-corrected chi connectivity index (χ2v) is 8.70. The van der Waals surface area contributed by atoms with E-state index in [1.807, 2.05) is 60.9 Å². The number of carboxylic acid groups (broad SMARTS) is 1. The highest BCUT2D eigenvalue weighted by molar-refractivity contribution is 7.80. The van der Waals surface area contributed by atoms with Crippen LogP contribution in [-0.4, -0.2) is 30.6 Å². The van der Waals surface area contributed by atoms with E-state index in [9.17, 15) is 9.90 Å². The summed E-state index contributed by atoms with van der Waals surface area (Å²) in [6, 6.07) is 18.5. The van der Waals surface area contributed by atoms with Crippen LogP contribution in [0.3, 0.4) is 0 Å². The maximum atomic E-state index is 11.9. The molecule has 0 spiro atoms. The van der Waals surface area contributed by atoms with Gasteiger partial charge in [0.2, 0.25) is 0 Å². The maximum Gasteiger partial charge on any atom is 0.337 e. The number of pyridine rings is 1. The van der Waals surface area contributed by atoms with Crippen LogP contribution in [0.4, 0.5) is 0 Å². The van der Waals surface area contributed by atoms with Gasteiger partial charge >= 0.3 is 5.97 Å². The summed E-state index contributed by atoms with van der Waals surface area (Å²) in [7, 11) is 0. The van der Waals surface area contributed by atoms with Gasteiger partial charge in [0.15, 0.2) is 5.11 Å². The van der Waals surface area contributed by atoms with E-state index in [2.05, 4.69) is 21.3 Å². The number of rotatable bonds is 6. The minimum atomic E-state index is -0.959. The van der Waals surface area contributed by atoms with Crippen molar-refractivity contribution in [3.63, 3.8) is 0 Å². The summed E-state index contributed by atoms with van der Waals surface area (Å²) in [6.07, 6.45) is 3.43. The monoisotopic (exact) mass is 472 g/mol. The number of carbonyl (C=O) groups is 1. The summed E-state index contributed by atoms with van der Waals surface area (Å²) in [6.45, 7) is 4.51. The molecule has 4 heterocycles. The molecule has 1 fully saturated rings. The first kappa shape index (κ1) is 21.9. The average molecular weight is 473 g/mol. The molecule has 34 heavy (non-hydrogen) atoms. The van der Waals surface area contributed by atoms with Crippen molar-refractivity contribution in [3.8, 4) is 5.69 Å². The Balaban J connectivity index is 1.65. The molecule has 0 saturated carbocycles. The predicted octanol–water partition coefficient (Wildman–Crippen LogP) is 4.95. The van der Waals surface area contributed by atoms with E-state index in [1.165, 1.54) is 0 Å². The SMILES string of the molecule is Cc1cc([C@@H]2[C@@H](c3ccccn3)NC(=S)N2Cc2ccco2)c(C)n1-c1ccccc1C(=O)O. The fourth-order valence-electron chi connectivity index (χ4n) is 4.79. The van der Waals surface area contributed by atoms with E-state index in [0.29, 0.717) is 17.3 Å². The Morgan fingerprint density at radius 2 is 1.94 bits per heavy atom. The number of para-hydroxylation sites is 1. The lowest BCUT2D eigenvalue weighted by Gasteiger charge is -2.27. The number of nitrogens with one attached hydrogen (secondary N) is 1. The Morgan fingerprint density at radius 3 is 2.65 bits per heavy atom. The fraction of sp³-hybridized carbons (Fsp3) is 0.192. The van der Waals surface area contributed by atoms with Crippen molar-refractivity contribution in [2.24, 2.45) is 0 Å². The van der Waals surface area contributed by atoms with Crippen molar-refractivity contribution in [1.29, 1.82) is 0 Å². The fourth-order valence-corrected chi connectivity index (χ4v) is 5.10. The van der Waals surface area contributed by atoms with Crippen molar-refractivity contribution >= 4 is 23.3 Å². The van der Waals surface area contributed by atoms with Crippen molar-refractivity contribution in [2.45, 2.75) is 32.5 Å². The van der Waals surface area contributed by atoms with E-state index >= 15 is 0 Å². The largest absolute Gasteiger partial charge is 0.478 e. The molecule has 7 nitrogen and oxygen atoms in total. The van der Waals surface area contributed by atoms with Gasteiger partial charge < -0.3 is 24.3 Å². The second-order valence-electron chi connectivity index (χ2n) is 8.32. The molecule has 2 atom stereocenters. The maximum absolute atomic E-state index is 11.9. The molecule has 1 saturated heterocycles. The number of carboxylic acids is 1. The number of benzene rings is 1. The molecule has 0 radical (unpaired) electrons. The Bertz CT molecular complexity index is 1350. The van der Waals surface area contributed by atoms with Gasteiger partial charge in [-0.25, -0.2) is 4.79 Å². The first-order valence-corrected chi connectivity index (χ1v) is 11.4. The van der Waals surface area contributed by atoms with Crippen LogP contribution in [0.25, 0.3) is 5.69 Å². The molecule has 8 heteroatoms. The molecule has 1 aliphatic rings. The molecule has 4 aromatic rings. The first-order chi connectivity index (χ1) is 16.5. The summed E-state index contributed by atoms with van der Waals surface area (Å²) in [5.74, 6) is -0.153. The third kappa shape index (κ3) is 3.76. The Hall–Kier alpha value is -3.91. The minimum absolute atomic E-state index is 0.163. The molecule has 5 rings (SSSR count). The van der Waals surface area contributed by atoms with Crippen molar-refractivity contribution in [3.05, 3.63) is 107 Å². The van der Waals surface area contributed by atoms with E-state index in [-0.39, 0.29) is 17.6 Å². The lowest BCUT2D eigenvalue weighted by molar-refractivity contribution is 0.0697. The molecule has 3 aromatic heterocycles. The number of thiocarbonyl (C=S) groups is 1. The number of hydrogen-bond donors (Lipinski definition) is 2. The molecule has 0 unspecified atom stereocenters. The van der Waals surface area contributed by atoms with E-state index in [1.54, 1.807) is 24.6 Å². The van der Waals surface area contributed by atoms with E-state index in [0.717, 1.165) is 28.4 Å². The molecule has 1 aromatic carbocycles. The highest BCUT2D eigenvalue weighted by Crippen LogP contribution is 2.42. The Labute approximate surface area is 202 Å². The van der Waals surface area contributed by atoms with Gasteiger partial charge in [-0.1, -0.05) is 18.2 Å². The lowest BCUT2D eigenvalue weighted by atomic mass is 9.96. The zero-order chi connectivity index (χ0) is 23.8. The van der Waals surface area contributed by atoms with Crippen molar-refractivity contribution < 1.29 is 14.3 Å². The number of nitrogens with zero attached hydrogens (tertiary/aromatic N) is 3. The summed E-state index contributed by atoms with van der Waals surface area (Å²) < 4.78 is 7.63. The normalized spacial score (nSPS) is 17.7. The second kappa shape index (κ2) is 8.79. The lowest BCUT2D eigenvalue weighted by Crippen LogP contribution is -2.29. The van der Waals surface area contributed by atoms with Crippen LogP contribution < -0.4 is 5.32 Å². The van der Waals surface area contributed by atoms with Crippen LogP contribution in [0.5, 0.6) is 0 Å². The molecular weight excluding hydrogens is 448 g/mol. The number of aromatic nitrogens is 2. The van der Waals surface area contributed by atoms with Gasteiger partial charge in [-0.2, -0.15) is 0 Å². The van der Waals surface area contributed by atoms with E-state index < -0.39 is 5.97 Å². The van der Waals surface area contributed by atoms with Gasteiger partial charge in [-0.3, -0.25) is 4.98 Å². The van der Waals surface area contributed by atoms with Crippen molar-refractivity contribution in [2.75, 3.05) is 0 Å².